The molecule has 4 rings (SSSR count). The maximum Gasteiger partial charge on any atom is 0.335 e. The van der Waals surface area contributed by atoms with E-state index in [1.54, 1.807) is 0 Å². The number of pyridine rings is 1. The summed E-state index contributed by atoms with van der Waals surface area (Å²) in [7, 11) is 0. The summed E-state index contributed by atoms with van der Waals surface area (Å²) in [6.07, 6.45) is -1.39. The molecule has 3 unspecified atom stereocenters. The minimum atomic E-state index is -3.02. The Morgan fingerprint density at radius 2 is 1.78 bits per heavy atom. The van der Waals surface area contributed by atoms with E-state index in [0.717, 1.165) is 18.3 Å². The highest BCUT2D eigenvalue weighted by Crippen LogP contribution is 2.45. The standard InChI is InChI=1S/C27H22ClF4NO4/c28-21-7-6-19(26(31)32)24(25(21)30)16-5-8-22(33(37)13-16)20(11-17-10-18(17)12-29)23(34)9-14-1-3-15(4-2-14)27(35)36/h1-8,13,17-18,20,26H,9-12H2,(H,35,36). The van der Waals surface area contributed by atoms with Gasteiger partial charge < -0.3 is 10.3 Å². The molecule has 2 aromatic carbocycles. The van der Waals surface area contributed by atoms with Crippen molar-refractivity contribution in [3.05, 3.63) is 93.2 Å². The van der Waals surface area contributed by atoms with Crippen molar-refractivity contribution < 1.29 is 37.0 Å². The maximum atomic E-state index is 14.7. The lowest BCUT2D eigenvalue weighted by molar-refractivity contribution is -0.614. The van der Waals surface area contributed by atoms with Gasteiger partial charge >= 0.3 is 5.97 Å². The molecule has 0 aliphatic heterocycles. The van der Waals surface area contributed by atoms with Crippen molar-refractivity contribution in [2.75, 3.05) is 6.67 Å². The van der Waals surface area contributed by atoms with Crippen LogP contribution in [0.2, 0.25) is 5.02 Å². The lowest BCUT2D eigenvalue weighted by Gasteiger charge is -2.17. The molecule has 1 aliphatic carbocycles. The number of halogens is 5. The summed E-state index contributed by atoms with van der Waals surface area (Å²) in [6, 6.07) is 10.3. The minimum Gasteiger partial charge on any atom is -0.618 e. The number of benzene rings is 2. The third-order valence-corrected chi connectivity index (χ3v) is 7.02. The van der Waals surface area contributed by atoms with Gasteiger partial charge in [0.1, 0.15) is 11.7 Å². The van der Waals surface area contributed by atoms with Crippen molar-refractivity contribution in [3.8, 4) is 11.1 Å². The van der Waals surface area contributed by atoms with Crippen LogP contribution in [0, 0.1) is 22.9 Å². The van der Waals surface area contributed by atoms with Crippen molar-refractivity contribution in [1.29, 1.82) is 0 Å². The van der Waals surface area contributed by atoms with Gasteiger partial charge in [-0.2, -0.15) is 4.73 Å². The van der Waals surface area contributed by atoms with Crippen molar-refractivity contribution in [3.63, 3.8) is 0 Å². The van der Waals surface area contributed by atoms with E-state index in [0.29, 0.717) is 16.7 Å². The Morgan fingerprint density at radius 3 is 2.35 bits per heavy atom. The fourth-order valence-electron chi connectivity index (χ4n) is 4.55. The summed E-state index contributed by atoms with van der Waals surface area (Å²) >= 11 is 5.79. The van der Waals surface area contributed by atoms with Gasteiger partial charge in [-0.3, -0.25) is 9.18 Å². The van der Waals surface area contributed by atoms with E-state index >= 15 is 0 Å². The second kappa shape index (κ2) is 10.9. The minimum absolute atomic E-state index is 0.0291. The maximum absolute atomic E-state index is 14.7. The molecule has 194 valence electrons. The molecule has 0 bridgehead atoms. The third kappa shape index (κ3) is 5.77. The van der Waals surface area contributed by atoms with E-state index in [1.807, 2.05) is 0 Å². The number of ketones is 1. The molecule has 1 saturated carbocycles. The van der Waals surface area contributed by atoms with Gasteiger partial charge in [0.15, 0.2) is 12.0 Å². The molecular formula is C27H22ClF4NO4. The first-order valence-electron chi connectivity index (χ1n) is 11.5. The Bertz CT molecular complexity index is 1330. The van der Waals surface area contributed by atoms with Crippen LogP contribution in [0.15, 0.2) is 54.7 Å². The van der Waals surface area contributed by atoms with Crippen molar-refractivity contribution in [1.82, 2.24) is 0 Å². The van der Waals surface area contributed by atoms with Crippen LogP contribution < -0.4 is 4.73 Å². The van der Waals surface area contributed by atoms with Gasteiger partial charge in [-0.15, -0.1) is 0 Å². The van der Waals surface area contributed by atoms with Crippen molar-refractivity contribution >= 4 is 23.4 Å². The number of carbonyl (C=O) groups is 2. The number of nitrogens with zero attached hydrogens (tertiary/aromatic N) is 1. The molecule has 0 spiro atoms. The van der Waals surface area contributed by atoms with Crippen LogP contribution in [0.4, 0.5) is 17.6 Å². The number of hydrogen-bond acceptors (Lipinski definition) is 3. The fourth-order valence-corrected chi connectivity index (χ4v) is 4.71. The van der Waals surface area contributed by atoms with E-state index in [2.05, 4.69) is 0 Å². The number of Topliss-reactive ketones (excluding diaryl/α,β-unsaturated/α-hetero) is 1. The van der Waals surface area contributed by atoms with Crippen molar-refractivity contribution in [2.45, 2.75) is 31.6 Å². The molecular weight excluding hydrogens is 514 g/mol. The normalized spacial score (nSPS) is 17.6. The van der Waals surface area contributed by atoms with Gasteiger partial charge in [0, 0.05) is 23.6 Å². The molecule has 5 nitrogen and oxygen atoms in total. The average Bonchev–Trinajstić information content (AvgIpc) is 3.62. The Labute approximate surface area is 214 Å². The highest BCUT2D eigenvalue weighted by molar-refractivity contribution is 6.31. The zero-order chi connectivity index (χ0) is 26.9. The summed E-state index contributed by atoms with van der Waals surface area (Å²) in [6.45, 7) is -0.539. The van der Waals surface area contributed by atoms with E-state index in [1.165, 1.54) is 36.4 Å². The number of carbonyl (C=O) groups excluding carboxylic acids is 1. The second-order valence-corrected chi connectivity index (χ2v) is 9.55. The Morgan fingerprint density at radius 1 is 1.08 bits per heavy atom. The van der Waals surface area contributed by atoms with Crippen LogP contribution in [-0.4, -0.2) is 23.5 Å². The van der Waals surface area contributed by atoms with Gasteiger partial charge in [0.25, 0.3) is 6.43 Å². The first-order valence-corrected chi connectivity index (χ1v) is 11.9. The highest BCUT2D eigenvalue weighted by Gasteiger charge is 2.42. The van der Waals surface area contributed by atoms with Gasteiger partial charge in [-0.25, -0.2) is 18.0 Å². The molecule has 1 heterocycles. The Balaban J connectivity index is 1.67. The van der Waals surface area contributed by atoms with Gasteiger partial charge in [0.05, 0.1) is 22.8 Å². The number of hydrogen-bond donors (Lipinski definition) is 1. The quantitative estimate of drug-likeness (QED) is 0.187. The fraction of sp³-hybridized carbons (Fsp3) is 0.296. The molecule has 37 heavy (non-hydrogen) atoms. The van der Waals surface area contributed by atoms with E-state index in [4.69, 9.17) is 16.7 Å². The lowest BCUT2D eigenvalue weighted by Crippen LogP contribution is -2.36. The van der Waals surface area contributed by atoms with Crippen LogP contribution in [0.1, 0.15) is 52.4 Å². The van der Waals surface area contributed by atoms with Crippen LogP contribution in [0.3, 0.4) is 0 Å². The topological polar surface area (TPSA) is 81.3 Å². The van der Waals surface area contributed by atoms with Gasteiger partial charge in [-0.1, -0.05) is 29.8 Å². The smallest absolute Gasteiger partial charge is 0.335 e. The summed E-state index contributed by atoms with van der Waals surface area (Å²) in [5, 5.41) is 21.7. The zero-order valence-corrected chi connectivity index (χ0v) is 20.1. The monoisotopic (exact) mass is 535 g/mol. The predicted octanol–water partition coefficient (Wildman–Crippen LogP) is 6.31. The van der Waals surface area contributed by atoms with Crippen LogP contribution in [-0.2, 0) is 11.2 Å². The number of aromatic nitrogens is 1. The molecule has 0 amide bonds. The lowest BCUT2D eigenvalue weighted by atomic mass is 9.88. The molecule has 1 N–H and O–H groups in total. The van der Waals surface area contributed by atoms with E-state index in [9.17, 15) is 32.4 Å². The third-order valence-electron chi connectivity index (χ3n) is 6.73. The molecule has 1 fully saturated rings. The van der Waals surface area contributed by atoms with Crippen LogP contribution in [0.25, 0.3) is 11.1 Å². The van der Waals surface area contributed by atoms with Gasteiger partial charge in [0.2, 0.25) is 5.69 Å². The number of rotatable bonds is 10. The molecule has 3 aromatic rings. The highest BCUT2D eigenvalue weighted by atomic mass is 35.5. The SMILES string of the molecule is O=C(O)c1ccc(CC(=O)C(CC2CC2CF)c2ccc(-c3c(C(F)F)ccc(Cl)c3F)c[n+]2[O-])cc1. The molecule has 3 atom stereocenters. The number of carboxylic acids is 1. The van der Waals surface area contributed by atoms with Crippen LogP contribution in [0.5, 0.6) is 0 Å². The summed E-state index contributed by atoms with van der Waals surface area (Å²) in [4.78, 5) is 24.4. The van der Waals surface area contributed by atoms with E-state index < -0.39 is 41.9 Å². The second-order valence-electron chi connectivity index (χ2n) is 9.14. The van der Waals surface area contributed by atoms with Gasteiger partial charge in [-0.05, 0) is 54.5 Å². The largest absolute Gasteiger partial charge is 0.618 e. The average molecular weight is 536 g/mol. The number of carboxylic acid groups (broad SMARTS) is 1. The van der Waals surface area contributed by atoms with Crippen LogP contribution >= 0.6 is 11.6 Å². The molecule has 0 radical (unpaired) electrons. The predicted molar refractivity (Wildman–Crippen MR) is 128 cm³/mol. The number of aromatic carboxylic acids is 1. The summed E-state index contributed by atoms with van der Waals surface area (Å²) < 4.78 is 55.2. The van der Waals surface area contributed by atoms with E-state index in [-0.39, 0.29) is 52.3 Å². The number of alkyl halides is 3. The molecule has 0 saturated heterocycles. The first-order chi connectivity index (χ1) is 17.6. The molecule has 1 aliphatic rings. The molecule has 1 aromatic heterocycles. The Hall–Kier alpha value is -3.46. The zero-order valence-electron chi connectivity index (χ0n) is 19.3. The summed E-state index contributed by atoms with van der Waals surface area (Å²) in [5.74, 6) is -3.76. The molecule has 10 heteroatoms. The van der Waals surface area contributed by atoms with Crippen molar-refractivity contribution in [2.24, 2.45) is 11.8 Å². The summed E-state index contributed by atoms with van der Waals surface area (Å²) in [5.41, 5.74) is -0.634. The first kappa shape index (κ1) is 26.6. The Kier molecular flexibility index (Phi) is 7.82.